The molecule has 0 spiro atoms. The highest BCUT2D eigenvalue weighted by Gasteiger charge is 2.24. The van der Waals surface area contributed by atoms with E-state index in [-0.39, 0.29) is 11.8 Å². The summed E-state index contributed by atoms with van der Waals surface area (Å²) in [6, 6.07) is 15.8. The number of carbonyl (C=O) groups excluding carboxylic acids is 2. The van der Waals surface area contributed by atoms with Gasteiger partial charge in [0.05, 0.1) is 24.0 Å². The van der Waals surface area contributed by atoms with E-state index in [1.54, 1.807) is 50.6 Å². The number of methoxy groups -OCH3 is 1. The fourth-order valence-corrected chi connectivity index (χ4v) is 3.05. The zero-order chi connectivity index (χ0) is 21.1. The van der Waals surface area contributed by atoms with Gasteiger partial charge in [-0.1, -0.05) is 12.1 Å². The van der Waals surface area contributed by atoms with Crippen molar-refractivity contribution in [1.82, 2.24) is 4.98 Å². The summed E-state index contributed by atoms with van der Waals surface area (Å²) in [5, 5.41) is 8.74. The first-order chi connectivity index (χ1) is 14.5. The molecule has 8 nitrogen and oxygen atoms in total. The Morgan fingerprint density at radius 3 is 2.83 bits per heavy atom. The number of nitrogens with one attached hydrogen (secondary N) is 3. The van der Waals surface area contributed by atoms with Crippen LogP contribution in [0.25, 0.3) is 0 Å². The number of rotatable bonds is 5. The zero-order valence-corrected chi connectivity index (χ0v) is 16.4. The van der Waals surface area contributed by atoms with E-state index in [0.717, 1.165) is 0 Å². The Balaban J connectivity index is 1.56. The number of hydrogen-bond acceptors (Lipinski definition) is 6. The molecule has 4 rings (SSSR count). The van der Waals surface area contributed by atoms with Crippen LogP contribution in [-0.4, -0.2) is 30.0 Å². The van der Waals surface area contributed by atoms with Crippen molar-refractivity contribution >= 4 is 34.7 Å². The van der Waals surface area contributed by atoms with Gasteiger partial charge in [-0.3, -0.25) is 9.59 Å². The molecule has 0 saturated heterocycles. The lowest BCUT2D eigenvalue weighted by Gasteiger charge is -2.23. The number of hydrogen-bond donors (Lipinski definition) is 3. The van der Waals surface area contributed by atoms with Crippen LogP contribution in [-0.2, 0) is 4.79 Å². The molecule has 0 aliphatic carbocycles. The molecule has 2 aromatic carbocycles. The molecule has 30 heavy (non-hydrogen) atoms. The molecule has 3 N–H and O–H groups in total. The fourth-order valence-electron chi connectivity index (χ4n) is 3.05. The van der Waals surface area contributed by atoms with Gasteiger partial charge in [0.2, 0.25) is 0 Å². The van der Waals surface area contributed by atoms with E-state index >= 15 is 0 Å². The summed E-state index contributed by atoms with van der Waals surface area (Å²) < 4.78 is 10.9. The maximum atomic E-state index is 12.9. The van der Waals surface area contributed by atoms with Crippen molar-refractivity contribution in [1.29, 1.82) is 0 Å². The van der Waals surface area contributed by atoms with Gasteiger partial charge >= 0.3 is 0 Å². The lowest BCUT2D eigenvalue weighted by Crippen LogP contribution is -2.34. The topological polar surface area (TPSA) is 102 Å². The Hall–Kier alpha value is -4.07. The zero-order valence-electron chi connectivity index (χ0n) is 16.4. The molecule has 1 aliphatic rings. The van der Waals surface area contributed by atoms with Gasteiger partial charge in [0, 0.05) is 11.9 Å². The minimum atomic E-state index is -0.558. The second kappa shape index (κ2) is 8.12. The molecule has 2 amide bonds. The summed E-state index contributed by atoms with van der Waals surface area (Å²) in [7, 11) is 1.58. The van der Waals surface area contributed by atoms with Crippen LogP contribution in [0.3, 0.4) is 0 Å². The minimum Gasteiger partial charge on any atom is -0.495 e. The summed E-state index contributed by atoms with van der Waals surface area (Å²) in [5.41, 5.74) is 2.07. The Morgan fingerprint density at radius 2 is 2.00 bits per heavy atom. The van der Waals surface area contributed by atoms with Crippen LogP contribution < -0.4 is 25.4 Å². The number of anilines is 4. The summed E-state index contributed by atoms with van der Waals surface area (Å²) in [5.74, 6) is 0.996. The second-order valence-corrected chi connectivity index (χ2v) is 6.64. The largest absolute Gasteiger partial charge is 0.495 e. The standard InChI is InChI=1S/C22H20N4O4/c1-13-21(27)26-17-12-14(9-10-19(17)30-13)24-22(28)15-6-5-11-23-20(15)25-16-7-3-4-8-18(16)29-2/h3-13H,1-2H3,(H,23,25)(H,24,28)(H,26,27). The van der Waals surface area contributed by atoms with Gasteiger partial charge in [0.15, 0.2) is 6.10 Å². The average molecular weight is 404 g/mol. The van der Waals surface area contributed by atoms with Gasteiger partial charge in [0.1, 0.15) is 17.3 Å². The van der Waals surface area contributed by atoms with E-state index < -0.39 is 6.10 Å². The summed E-state index contributed by atoms with van der Waals surface area (Å²) in [6.45, 7) is 1.67. The number of carbonyl (C=O) groups is 2. The highest BCUT2D eigenvalue weighted by atomic mass is 16.5. The normalized spacial score (nSPS) is 14.7. The van der Waals surface area contributed by atoms with E-state index in [2.05, 4.69) is 20.9 Å². The van der Waals surface area contributed by atoms with Crippen LogP contribution in [0.5, 0.6) is 11.5 Å². The highest BCUT2D eigenvalue weighted by molar-refractivity contribution is 6.08. The van der Waals surface area contributed by atoms with Crippen molar-refractivity contribution in [2.75, 3.05) is 23.1 Å². The van der Waals surface area contributed by atoms with Crippen molar-refractivity contribution in [2.45, 2.75) is 13.0 Å². The van der Waals surface area contributed by atoms with Crippen LogP contribution in [0.2, 0.25) is 0 Å². The lowest BCUT2D eigenvalue weighted by molar-refractivity contribution is -0.122. The quantitative estimate of drug-likeness (QED) is 0.598. The van der Waals surface area contributed by atoms with Gasteiger partial charge in [-0.2, -0.15) is 0 Å². The number of fused-ring (bicyclic) bond motifs is 1. The molecule has 0 bridgehead atoms. The number of ether oxygens (including phenoxy) is 2. The van der Waals surface area contributed by atoms with Gasteiger partial charge in [-0.25, -0.2) is 4.98 Å². The van der Waals surface area contributed by atoms with Gasteiger partial charge in [-0.05, 0) is 49.4 Å². The van der Waals surface area contributed by atoms with Crippen molar-refractivity contribution in [2.24, 2.45) is 0 Å². The van der Waals surface area contributed by atoms with E-state index in [9.17, 15) is 9.59 Å². The molecular weight excluding hydrogens is 384 g/mol. The Morgan fingerprint density at radius 1 is 1.17 bits per heavy atom. The predicted molar refractivity (Wildman–Crippen MR) is 114 cm³/mol. The van der Waals surface area contributed by atoms with Gasteiger partial charge < -0.3 is 25.4 Å². The summed E-state index contributed by atoms with van der Waals surface area (Å²) in [6.07, 6.45) is 1.04. The third-order valence-corrected chi connectivity index (χ3v) is 4.58. The van der Waals surface area contributed by atoms with Gasteiger partial charge in [0.25, 0.3) is 11.8 Å². The molecule has 1 aliphatic heterocycles. The van der Waals surface area contributed by atoms with Gasteiger partial charge in [-0.15, -0.1) is 0 Å². The molecule has 1 atom stereocenters. The molecule has 152 valence electrons. The van der Waals surface area contributed by atoms with E-state index in [1.807, 2.05) is 24.3 Å². The molecular formula is C22H20N4O4. The molecule has 0 fully saturated rings. The van der Waals surface area contributed by atoms with Crippen molar-refractivity contribution in [3.8, 4) is 11.5 Å². The number of benzene rings is 2. The third kappa shape index (κ3) is 3.88. The average Bonchev–Trinajstić information content (AvgIpc) is 2.75. The van der Waals surface area contributed by atoms with Crippen molar-refractivity contribution < 1.29 is 19.1 Å². The van der Waals surface area contributed by atoms with Crippen LogP contribution >= 0.6 is 0 Å². The smallest absolute Gasteiger partial charge is 0.265 e. The minimum absolute atomic E-state index is 0.235. The molecule has 0 radical (unpaired) electrons. The molecule has 1 aromatic heterocycles. The van der Waals surface area contributed by atoms with Crippen molar-refractivity contribution in [3.05, 3.63) is 66.4 Å². The monoisotopic (exact) mass is 404 g/mol. The maximum absolute atomic E-state index is 12.9. The van der Waals surface area contributed by atoms with Crippen LogP contribution in [0.4, 0.5) is 22.9 Å². The first kappa shape index (κ1) is 19.3. The molecule has 3 aromatic rings. The number of nitrogens with zero attached hydrogens (tertiary/aromatic N) is 1. The molecule has 1 unspecified atom stereocenters. The SMILES string of the molecule is COc1ccccc1Nc1ncccc1C(=O)Nc1ccc2c(c1)NC(=O)C(C)O2. The van der Waals surface area contributed by atoms with Crippen molar-refractivity contribution in [3.63, 3.8) is 0 Å². The molecule has 0 saturated carbocycles. The van der Waals surface area contributed by atoms with Crippen LogP contribution in [0.1, 0.15) is 17.3 Å². The number of aromatic nitrogens is 1. The predicted octanol–water partition coefficient (Wildman–Crippen LogP) is 3.81. The van der Waals surface area contributed by atoms with E-state index in [0.29, 0.717) is 39.9 Å². The number of amides is 2. The Kier molecular flexibility index (Phi) is 5.21. The summed E-state index contributed by atoms with van der Waals surface area (Å²) in [4.78, 5) is 29.1. The first-order valence-corrected chi connectivity index (χ1v) is 9.33. The number of pyridine rings is 1. The van der Waals surface area contributed by atoms with Crippen LogP contribution in [0.15, 0.2) is 60.8 Å². The molecule has 8 heteroatoms. The lowest BCUT2D eigenvalue weighted by atomic mass is 10.2. The van der Waals surface area contributed by atoms with E-state index in [1.165, 1.54) is 0 Å². The fraction of sp³-hybridized carbons (Fsp3) is 0.136. The maximum Gasteiger partial charge on any atom is 0.265 e. The number of para-hydroxylation sites is 2. The Labute approximate surface area is 173 Å². The summed E-state index contributed by atoms with van der Waals surface area (Å²) >= 11 is 0. The molecule has 2 heterocycles. The van der Waals surface area contributed by atoms with E-state index in [4.69, 9.17) is 9.47 Å². The Bertz CT molecular complexity index is 1120. The first-order valence-electron chi connectivity index (χ1n) is 9.33. The third-order valence-electron chi connectivity index (χ3n) is 4.58. The second-order valence-electron chi connectivity index (χ2n) is 6.64. The highest BCUT2D eigenvalue weighted by Crippen LogP contribution is 2.33. The van der Waals surface area contributed by atoms with Crippen LogP contribution in [0, 0.1) is 0 Å².